The molecule has 0 amide bonds. The van der Waals surface area contributed by atoms with Gasteiger partial charge in [-0.25, -0.2) is 9.97 Å². The zero-order valence-corrected chi connectivity index (χ0v) is 10.1. The molecule has 7 heteroatoms. The lowest BCUT2D eigenvalue weighted by Crippen LogP contribution is -2.16. The van der Waals surface area contributed by atoms with Crippen molar-refractivity contribution in [3.63, 3.8) is 0 Å². The first-order valence-electron chi connectivity index (χ1n) is 3.68. The first kappa shape index (κ1) is 11.5. The molecule has 0 aromatic carbocycles. The van der Waals surface area contributed by atoms with Crippen molar-refractivity contribution in [2.24, 2.45) is 0 Å². The van der Waals surface area contributed by atoms with Crippen LogP contribution in [0, 0.1) is 0 Å². The summed E-state index contributed by atoms with van der Waals surface area (Å²) >= 11 is 12.1. The van der Waals surface area contributed by atoms with E-state index in [-0.39, 0.29) is 5.95 Å². The monoisotopic (exact) mass is 248 g/mol. The number of nitrogens with two attached hydrogens (primary N) is 1. The molecular weight excluding hydrogens is 240 g/mol. The van der Waals surface area contributed by atoms with Gasteiger partial charge in [0.1, 0.15) is 14.5 Å². The fourth-order valence-corrected chi connectivity index (χ4v) is 1.83. The van der Waals surface area contributed by atoms with E-state index in [1.54, 1.807) is 6.07 Å². The number of thioether (sulfide) groups is 1. The number of thiocarbonyl (C=S) groups is 1. The van der Waals surface area contributed by atoms with Gasteiger partial charge >= 0.3 is 0 Å². The molecule has 1 rings (SSSR count). The van der Waals surface area contributed by atoms with E-state index < -0.39 is 0 Å². The predicted octanol–water partition coefficient (Wildman–Crippen LogP) is 1.65. The Morgan fingerprint density at radius 1 is 1.57 bits per heavy atom. The van der Waals surface area contributed by atoms with Gasteiger partial charge in [-0.15, -0.1) is 0 Å². The maximum atomic E-state index is 5.71. The summed E-state index contributed by atoms with van der Waals surface area (Å²) < 4.78 is 0.694. The van der Waals surface area contributed by atoms with Crippen LogP contribution in [0.15, 0.2) is 11.1 Å². The van der Waals surface area contributed by atoms with Crippen molar-refractivity contribution in [2.75, 3.05) is 19.8 Å². The van der Waals surface area contributed by atoms with Gasteiger partial charge in [-0.3, -0.25) is 0 Å². The van der Waals surface area contributed by atoms with Gasteiger partial charge in [0.05, 0.1) is 0 Å². The maximum Gasteiger partial charge on any atom is 0.222 e. The third-order valence-electron chi connectivity index (χ3n) is 1.25. The second-order valence-electron chi connectivity index (χ2n) is 2.65. The topological polar surface area (TPSA) is 55.0 Å². The van der Waals surface area contributed by atoms with E-state index in [9.17, 15) is 0 Å². The minimum atomic E-state index is 0.154. The molecule has 0 aliphatic rings. The first-order chi connectivity index (χ1) is 6.49. The van der Waals surface area contributed by atoms with E-state index in [1.807, 2.05) is 19.0 Å². The Hall–Kier alpha value is -0.590. The minimum absolute atomic E-state index is 0.154. The van der Waals surface area contributed by atoms with Gasteiger partial charge in [-0.2, -0.15) is 0 Å². The molecule has 0 bridgehead atoms. The molecule has 76 valence electrons. The number of anilines is 1. The van der Waals surface area contributed by atoms with Crippen LogP contribution in [0.4, 0.5) is 5.95 Å². The van der Waals surface area contributed by atoms with Gasteiger partial charge in [0, 0.05) is 20.2 Å². The van der Waals surface area contributed by atoms with Crippen LogP contribution in [0.3, 0.4) is 0 Å². The molecule has 0 aliphatic carbocycles. The zero-order chi connectivity index (χ0) is 10.7. The van der Waals surface area contributed by atoms with Crippen LogP contribution >= 0.6 is 35.6 Å². The highest BCUT2D eigenvalue weighted by atomic mass is 35.5. The molecule has 1 heterocycles. The fourth-order valence-electron chi connectivity index (χ4n) is 0.647. The van der Waals surface area contributed by atoms with Crippen molar-refractivity contribution >= 4 is 45.8 Å². The summed E-state index contributed by atoms with van der Waals surface area (Å²) in [6.07, 6.45) is 0. The van der Waals surface area contributed by atoms with Crippen LogP contribution in [0.2, 0.25) is 5.15 Å². The van der Waals surface area contributed by atoms with Crippen molar-refractivity contribution < 1.29 is 0 Å². The molecule has 0 aliphatic heterocycles. The molecule has 0 unspecified atom stereocenters. The highest BCUT2D eigenvalue weighted by Crippen LogP contribution is 2.21. The smallest absolute Gasteiger partial charge is 0.222 e. The fraction of sp³-hybridized carbons (Fsp3) is 0.286. The van der Waals surface area contributed by atoms with E-state index in [0.29, 0.717) is 14.5 Å². The molecule has 1 aromatic heterocycles. The van der Waals surface area contributed by atoms with Crippen LogP contribution in [0.1, 0.15) is 0 Å². The van der Waals surface area contributed by atoms with Gasteiger partial charge in [-0.1, -0.05) is 23.8 Å². The molecular formula is C7H9ClN4S2. The Balaban J connectivity index is 2.82. The van der Waals surface area contributed by atoms with E-state index in [0.717, 1.165) is 0 Å². The maximum absolute atomic E-state index is 5.71. The van der Waals surface area contributed by atoms with Gasteiger partial charge in [0.25, 0.3) is 0 Å². The largest absolute Gasteiger partial charge is 0.368 e. The number of halogens is 1. The number of hydrogen-bond acceptors (Lipinski definition) is 5. The Kier molecular flexibility index (Phi) is 3.91. The minimum Gasteiger partial charge on any atom is -0.368 e. The summed E-state index contributed by atoms with van der Waals surface area (Å²) in [5, 5.41) is 0.975. The van der Waals surface area contributed by atoms with Crippen molar-refractivity contribution in [1.29, 1.82) is 0 Å². The van der Waals surface area contributed by atoms with Crippen LogP contribution in [-0.2, 0) is 0 Å². The van der Waals surface area contributed by atoms with Crippen LogP contribution in [-0.4, -0.2) is 33.3 Å². The lowest BCUT2D eigenvalue weighted by molar-refractivity contribution is 0.648. The van der Waals surface area contributed by atoms with E-state index in [4.69, 9.17) is 29.6 Å². The SMILES string of the molecule is CN(C)C(=S)Sc1cc(Cl)nc(N)n1. The number of hydrogen-bond donors (Lipinski definition) is 1. The standard InChI is InChI=1S/C7H9ClN4S2/c1-12(2)7(13)14-5-3-4(8)10-6(9)11-5/h3H,1-2H3,(H2,9,10,11). The van der Waals surface area contributed by atoms with Crippen LogP contribution < -0.4 is 5.73 Å². The normalized spacial score (nSPS) is 9.93. The van der Waals surface area contributed by atoms with E-state index >= 15 is 0 Å². The second-order valence-corrected chi connectivity index (χ2v) is 4.69. The summed E-state index contributed by atoms with van der Waals surface area (Å²) in [6, 6.07) is 1.62. The molecule has 0 atom stereocenters. The number of nitrogen functional groups attached to an aromatic ring is 1. The zero-order valence-electron chi connectivity index (χ0n) is 7.69. The Labute approximate surface area is 96.9 Å². The highest BCUT2D eigenvalue weighted by Gasteiger charge is 2.06. The van der Waals surface area contributed by atoms with Crippen molar-refractivity contribution in [2.45, 2.75) is 5.03 Å². The number of rotatable bonds is 1. The highest BCUT2D eigenvalue weighted by molar-refractivity contribution is 8.22. The average Bonchev–Trinajstić information content (AvgIpc) is 2.01. The Morgan fingerprint density at radius 3 is 2.71 bits per heavy atom. The number of aromatic nitrogens is 2. The van der Waals surface area contributed by atoms with Crippen molar-refractivity contribution in [3.05, 3.63) is 11.2 Å². The molecule has 14 heavy (non-hydrogen) atoms. The predicted molar refractivity (Wildman–Crippen MR) is 63.6 cm³/mol. The molecule has 0 saturated carbocycles. The van der Waals surface area contributed by atoms with Gasteiger partial charge in [-0.05, 0) is 11.8 Å². The van der Waals surface area contributed by atoms with Crippen molar-refractivity contribution in [1.82, 2.24) is 14.9 Å². The Morgan fingerprint density at radius 2 is 2.21 bits per heavy atom. The molecule has 0 radical (unpaired) electrons. The van der Waals surface area contributed by atoms with Gasteiger partial charge < -0.3 is 10.6 Å². The summed E-state index contributed by atoms with van der Waals surface area (Å²) in [4.78, 5) is 9.55. The molecule has 4 nitrogen and oxygen atoms in total. The summed E-state index contributed by atoms with van der Waals surface area (Å²) in [7, 11) is 3.73. The first-order valence-corrected chi connectivity index (χ1v) is 5.28. The third-order valence-corrected chi connectivity index (χ3v) is 3.01. The van der Waals surface area contributed by atoms with E-state index in [2.05, 4.69) is 9.97 Å². The van der Waals surface area contributed by atoms with Gasteiger partial charge in [0.2, 0.25) is 5.95 Å². The summed E-state index contributed by atoms with van der Waals surface area (Å²) in [5.41, 5.74) is 5.43. The average molecular weight is 249 g/mol. The van der Waals surface area contributed by atoms with Crippen LogP contribution in [0.5, 0.6) is 0 Å². The summed E-state index contributed by atoms with van der Waals surface area (Å²) in [5.74, 6) is 0.154. The van der Waals surface area contributed by atoms with E-state index in [1.165, 1.54) is 11.8 Å². The lowest BCUT2D eigenvalue weighted by atomic mass is 10.7. The molecule has 0 saturated heterocycles. The number of nitrogens with zero attached hydrogens (tertiary/aromatic N) is 3. The summed E-state index contributed by atoms with van der Waals surface area (Å²) in [6.45, 7) is 0. The third kappa shape index (κ3) is 3.28. The molecule has 0 spiro atoms. The lowest BCUT2D eigenvalue weighted by Gasteiger charge is -2.11. The molecule has 1 aromatic rings. The Bertz CT molecular complexity index is 335. The van der Waals surface area contributed by atoms with Crippen molar-refractivity contribution in [3.8, 4) is 0 Å². The van der Waals surface area contributed by atoms with Crippen LogP contribution in [0.25, 0.3) is 0 Å². The molecule has 0 fully saturated rings. The quantitative estimate of drug-likeness (QED) is 0.463. The van der Waals surface area contributed by atoms with Gasteiger partial charge in [0.15, 0.2) is 0 Å². The second kappa shape index (κ2) is 4.77. The molecule has 2 N–H and O–H groups in total.